The summed E-state index contributed by atoms with van der Waals surface area (Å²) in [5.41, 5.74) is 5.84. The van der Waals surface area contributed by atoms with Crippen LogP contribution in [0.1, 0.15) is 39.0 Å². The Hall–Kier alpha value is -1.18. The van der Waals surface area contributed by atoms with E-state index in [1.807, 2.05) is 0 Å². The fraction of sp³-hybridized carbons (Fsp3) is 0.765. The van der Waals surface area contributed by atoms with E-state index < -0.39 is 0 Å². The molecule has 0 aromatic heterocycles. The van der Waals surface area contributed by atoms with Crippen molar-refractivity contribution in [2.75, 3.05) is 45.9 Å². The van der Waals surface area contributed by atoms with Gasteiger partial charge in [-0.15, -0.1) is 0 Å². The predicted molar refractivity (Wildman–Crippen MR) is 105 cm³/mol. The average molecular weight is 356 g/mol. The Balaban J connectivity index is 2.02. The highest BCUT2D eigenvalue weighted by molar-refractivity contribution is 7.80. The van der Waals surface area contributed by atoms with Crippen molar-refractivity contribution >= 4 is 23.3 Å². The standard InChI is InChI=1S/C17H33N5OS/c1-2-3-4-5-6-7-9-20-17(24)21-16(18)19-10-8-11-22-12-14-23-15-13-22/h5-6H,2-4,7-15H2,1H3,(H4,18,19,20,21,24)/b6-5+. The number of guanidine groups is 1. The highest BCUT2D eigenvalue weighted by Crippen LogP contribution is 1.98. The Morgan fingerprint density at radius 2 is 2.00 bits per heavy atom. The number of morpholine rings is 1. The number of hydrogen-bond donors (Lipinski definition) is 3. The second kappa shape index (κ2) is 14.2. The first-order valence-electron chi connectivity index (χ1n) is 9.02. The van der Waals surface area contributed by atoms with Gasteiger partial charge in [-0.2, -0.15) is 0 Å². The van der Waals surface area contributed by atoms with Gasteiger partial charge < -0.3 is 21.1 Å². The van der Waals surface area contributed by atoms with E-state index in [1.54, 1.807) is 0 Å². The molecule has 0 bridgehead atoms. The summed E-state index contributed by atoms with van der Waals surface area (Å²) in [6.07, 6.45) is 10.0. The first kappa shape index (κ1) is 20.9. The molecule has 1 fully saturated rings. The number of allylic oxidation sites excluding steroid dienone is 1. The molecule has 0 aromatic rings. The zero-order valence-corrected chi connectivity index (χ0v) is 15.7. The van der Waals surface area contributed by atoms with Gasteiger partial charge in [0.25, 0.3) is 0 Å². The highest BCUT2D eigenvalue weighted by Gasteiger charge is 2.08. The summed E-state index contributed by atoms with van der Waals surface area (Å²) in [4.78, 5) is 6.70. The van der Waals surface area contributed by atoms with Crippen LogP contribution in [0.25, 0.3) is 0 Å². The van der Waals surface area contributed by atoms with Gasteiger partial charge in [0.2, 0.25) is 0 Å². The zero-order chi connectivity index (χ0) is 17.5. The maximum absolute atomic E-state index is 5.84. The minimum absolute atomic E-state index is 0.382. The van der Waals surface area contributed by atoms with Gasteiger partial charge in [-0.25, -0.2) is 0 Å². The molecule has 6 nitrogen and oxygen atoms in total. The first-order chi connectivity index (χ1) is 11.7. The molecule has 0 saturated carbocycles. The van der Waals surface area contributed by atoms with E-state index in [1.165, 1.54) is 12.8 Å². The van der Waals surface area contributed by atoms with Crippen molar-refractivity contribution in [3.8, 4) is 0 Å². The van der Waals surface area contributed by atoms with Crippen molar-refractivity contribution < 1.29 is 4.74 Å². The van der Waals surface area contributed by atoms with Crippen LogP contribution in [0, 0.1) is 0 Å². The summed E-state index contributed by atoms with van der Waals surface area (Å²) in [5, 5.41) is 6.59. The van der Waals surface area contributed by atoms with Gasteiger partial charge in [0.05, 0.1) is 13.2 Å². The highest BCUT2D eigenvalue weighted by atomic mass is 32.1. The van der Waals surface area contributed by atoms with Crippen molar-refractivity contribution in [1.29, 1.82) is 0 Å². The fourth-order valence-electron chi connectivity index (χ4n) is 2.35. The molecule has 0 unspecified atom stereocenters. The lowest BCUT2D eigenvalue weighted by atomic mass is 10.2. The topological polar surface area (TPSA) is 74.9 Å². The maximum atomic E-state index is 5.84. The number of nitrogens with one attached hydrogen (secondary N) is 2. The largest absolute Gasteiger partial charge is 0.379 e. The molecule has 1 rings (SSSR count). The molecule has 24 heavy (non-hydrogen) atoms. The molecule has 1 aliphatic heterocycles. The van der Waals surface area contributed by atoms with Gasteiger partial charge >= 0.3 is 0 Å². The van der Waals surface area contributed by atoms with Gasteiger partial charge in [-0.05, 0) is 31.5 Å². The molecule has 0 aliphatic carbocycles. The smallest absolute Gasteiger partial charge is 0.194 e. The van der Waals surface area contributed by atoms with Crippen LogP contribution in [0.4, 0.5) is 0 Å². The van der Waals surface area contributed by atoms with E-state index in [0.717, 1.165) is 58.7 Å². The lowest BCUT2D eigenvalue weighted by Gasteiger charge is -2.26. The molecule has 1 saturated heterocycles. The third kappa shape index (κ3) is 11.4. The van der Waals surface area contributed by atoms with Crippen molar-refractivity contribution in [2.24, 2.45) is 10.7 Å². The molecular weight excluding hydrogens is 322 g/mol. The monoisotopic (exact) mass is 355 g/mol. The number of nitrogens with zero attached hydrogens (tertiary/aromatic N) is 2. The SMILES string of the molecule is CCCC/C=C/CCNC(=S)NC(N)=NCCCN1CCOCC1. The maximum Gasteiger partial charge on any atom is 0.194 e. The minimum atomic E-state index is 0.382. The van der Waals surface area contributed by atoms with Gasteiger partial charge in [0, 0.05) is 32.7 Å². The lowest BCUT2D eigenvalue weighted by Crippen LogP contribution is -2.43. The first-order valence-corrected chi connectivity index (χ1v) is 9.43. The number of rotatable bonds is 10. The van der Waals surface area contributed by atoms with E-state index in [0.29, 0.717) is 17.6 Å². The Morgan fingerprint density at radius 1 is 1.25 bits per heavy atom. The molecule has 0 amide bonds. The summed E-state index contributed by atoms with van der Waals surface area (Å²) in [5.74, 6) is 0.382. The quantitative estimate of drug-likeness (QED) is 0.182. The van der Waals surface area contributed by atoms with E-state index in [4.69, 9.17) is 22.7 Å². The summed E-state index contributed by atoms with van der Waals surface area (Å²) in [6, 6.07) is 0. The Morgan fingerprint density at radius 3 is 2.75 bits per heavy atom. The van der Waals surface area contributed by atoms with E-state index in [9.17, 15) is 0 Å². The van der Waals surface area contributed by atoms with Gasteiger partial charge in [-0.1, -0.05) is 31.9 Å². The van der Waals surface area contributed by atoms with Crippen molar-refractivity contribution in [3.63, 3.8) is 0 Å². The number of thiocarbonyl (C=S) groups is 1. The van der Waals surface area contributed by atoms with Crippen molar-refractivity contribution in [1.82, 2.24) is 15.5 Å². The number of unbranched alkanes of at least 4 members (excludes halogenated alkanes) is 2. The van der Waals surface area contributed by atoms with Crippen LogP contribution in [0.3, 0.4) is 0 Å². The van der Waals surface area contributed by atoms with Gasteiger partial charge in [0.1, 0.15) is 0 Å². The van der Waals surface area contributed by atoms with Crippen molar-refractivity contribution in [3.05, 3.63) is 12.2 Å². The molecule has 0 aromatic carbocycles. The molecule has 0 radical (unpaired) electrons. The predicted octanol–water partition coefficient (Wildman–Crippen LogP) is 1.62. The van der Waals surface area contributed by atoms with Crippen LogP contribution in [-0.2, 0) is 4.74 Å². The molecule has 0 atom stereocenters. The van der Waals surface area contributed by atoms with E-state index in [-0.39, 0.29) is 0 Å². The van der Waals surface area contributed by atoms with Crippen LogP contribution in [0.15, 0.2) is 17.1 Å². The van der Waals surface area contributed by atoms with Crippen LogP contribution in [0.2, 0.25) is 0 Å². The number of ether oxygens (including phenoxy) is 1. The molecule has 1 aliphatic rings. The molecule has 0 spiro atoms. The van der Waals surface area contributed by atoms with Gasteiger partial charge in [-0.3, -0.25) is 9.89 Å². The Labute approximate surface area is 151 Å². The third-order valence-electron chi connectivity index (χ3n) is 3.75. The average Bonchev–Trinajstić information content (AvgIpc) is 2.59. The normalized spacial score (nSPS) is 16.5. The fourth-order valence-corrected chi connectivity index (χ4v) is 2.55. The second-order valence-corrected chi connectivity index (χ2v) is 6.27. The van der Waals surface area contributed by atoms with Crippen LogP contribution < -0.4 is 16.4 Å². The molecular formula is C17H33N5OS. The third-order valence-corrected chi connectivity index (χ3v) is 3.99. The van der Waals surface area contributed by atoms with Gasteiger partial charge in [0.15, 0.2) is 11.1 Å². The second-order valence-electron chi connectivity index (χ2n) is 5.86. The van der Waals surface area contributed by atoms with E-state index >= 15 is 0 Å². The van der Waals surface area contributed by atoms with Crippen LogP contribution >= 0.6 is 12.2 Å². The van der Waals surface area contributed by atoms with Crippen molar-refractivity contribution in [2.45, 2.75) is 39.0 Å². The number of aliphatic imine (C=N–C) groups is 1. The van der Waals surface area contributed by atoms with E-state index in [2.05, 4.69) is 39.6 Å². The molecule has 1 heterocycles. The Kier molecular flexibility index (Phi) is 12.3. The summed E-state index contributed by atoms with van der Waals surface area (Å²) < 4.78 is 5.33. The molecule has 4 N–H and O–H groups in total. The summed E-state index contributed by atoms with van der Waals surface area (Å²) >= 11 is 5.20. The molecule has 7 heteroatoms. The molecule has 138 valence electrons. The number of hydrogen-bond acceptors (Lipinski definition) is 4. The number of nitrogens with two attached hydrogens (primary N) is 1. The zero-order valence-electron chi connectivity index (χ0n) is 14.9. The summed E-state index contributed by atoms with van der Waals surface area (Å²) in [7, 11) is 0. The summed E-state index contributed by atoms with van der Waals surface area (Å²) in [6.45, 7) is 8.44. The Bertz CT molecular complexity index is 394. The lowest BCUT2D eigenvalue weighted by molar-refractivity contribution is 0.0377. The van der Waals surface area contributed by atoms with Crippen LogP contribution in [0.5, 0.6) is 0 Å². The minimum Gasteiger partial charge on any atom is -0.379 e. The van der Waals surface area contributed by atoms with Crippen LogP contribution in [-0.4, -0.2) is 61.9 Å².